The van der Waals surface area contributed by atoms with Gasteiger partial charge in [-0.2, -0.15) is 0 Å². The molecule has 1 amide bonds. The number of fused-ring (bicyclic) bond motifs is 1. The van der Waals surface area contributed by atoms with Gasteiger partial charge in [0, 0.05) is 23.7 Å². The SMILES string of the molecule is CCN(CC)CCCNC(=O)c1ccc(Nc2ncc3cccc(C)c3n2)c(OC(F)(F)F)c1. The second-order valence-electron chi connectivity index (χ2n) is 7.73. The fourth-order valence-electron chi connectivity index (χ4n) is 3.51. The van der Waals surface area contributed by atoms with Gasteiger partial charge in [0.15, 0.2) is 5.75 Å². The molecule has 10 heteroatoms. The van der Waals surface area contributed by atoms with Gasteiger partial charge in [0.25, 0.3) is 5.91 Å². The van der Waals surface area contributed by atoms with Crippen molar-refractivity contribution in [1.82, 2.24) is 20.2 Å². The van der Waals surface area contributed by atoms with Crippen LogP contribution in [-0.4, -0.2) is 53.3 Å². The van der Waals surface area contributed by atoms with Crippen molar-refractivity contribution in [3.63, 3.8) is 0 Å². The first-order chi connectivity index (χ1) is 16.2. The molecule has 2 N–H and O–H groups in total. The predicted octanol–water partition coefficient (Wildman–Crippen LogP) is 5.04. The Bertz CT molecular complexity index is 1130. The standard InChI is InChI=1S/C24H28F3N5O2/c1-4-32(5-2)13-7-12-28-22(33)17-10-11-19(20(14-17)34-24(25,26)27)30-23-29-15-18-9-6-8-16(3)21(18)31-23/h6,8-11,14-15H,4-5,7,12-13H2,1-3H3,(H,28,33)(H,29,30,31). The lowest BCUT2D eigenvalue weighted by Crippen LogP contribution is -2.30. The van der Waals surface area contributed by atoms with Crippen molar-refractivity contribution in [3.8, 4) is 5.75 Å². The van der Waals surface area contributed by atoms with Gasteiger partial charge in [-0.05, 0) is 56.7 Å². The lowest BCUT2D eigenvalue weighted by Gasteiger charge is -2.18. The Labute approximate surface area is 196 Å². The van der Waals surface area contributed by atoms with Crippen molar-refractivity contribution < 1.29 is 22.7 Å². The lowest BCUT2D eigenvalue weighted by molar-refractivity contribution is -0.274. The van der Waals surface area contributed by atoms with Gasteiger partial charge in [0.05, 0.1) is 11.2 Å². The molecule has 0 aliphatic rings. The summed E-state index contributed by atoms with van der Waals surface area (Å²) in [7, 11) is 0. The van der Waals surface area contributed by atoms with E-state index in [0.29, 0.717) is 12.1 Å². The second-order valence-corrected chi connectivity index (χ2v) is 7.73. The lowest BCUT2D eigenvalue weighted by atomic mass is 10.1. The third-order valence-corrected chi connectivity index (χ3v) is 5.36. The molecule has 0 fully saturated rings. The number of alkyl halides is 3. The van der Waals surface area contributed by atoms with Crippen LogP contribution in [0.2, 0.25) is 0 Å². The number of halogens is 3. The highest BCUT2D eigenvalue weighted by molar-refractivity contribution is 5.95. The van der Waals surface area contributed by atoms with Gasteiger partial charge in [-0.25, -0.2) is 9.97 Å². The summed E-state index contributed by atoms with van der Waals surface area (Å²) in [5, 5.41) is 6.32. The largest absolute Gasteiger partial charge is 0.573 e. The molecule has 2 aromatic carbocycles. The molecule has 1 heterocycles. The summed E-state index contributed by atoms with van der Waals surface area (Å²) >= 11 is 0. The van der Waals surface area contributed by atoms with Gasteiger partial charge in [-0.15, -0.1) is 13.2 Å². The van der Waals surface area contributed by atoms with Crippen LogP contribution in [0.15, 0.2) is 42.6 Å². The Balaban J connectivity index is 1.77. The quantitative estimate of drug-likeness (QED) is 0.400. The molecule has 0 spiro atoms. The van der Waals surface area contributed by atoms with Crippen LogP contribution < -0.4 is 15.4 Å². The van der Waals surface area contributed by atoms with Crippen LogP contribution in [0.5, 0.6) is 5.75 Å². The fraction of sp³-hybridized carbons (Fsp3) is 0.375. The van der Waals surface area contributed by atoms with E-state index in [2.05, 4.69) is 44.1 Å². The summed E-state index contributed by atoms with van der Waals surface area (Å²) < 4.78 is 43.4. The molecular formula is C24H28F3N5O2. The van der Waals surface area contributed by atoms with Crippen molar-refractivity contribution in [2.24, 2.45) is 0 Å². The maximum Gasteiger partial charge on any atom is 0.573 e. The van der Waals surface area contributed by atoms with Crippen molar-refractivity contribution >= 4 is 28.4 Å². The van der Waals surface area contributed by atoms with Gasteiger partial charge in [-0.3, -0.25) is 4.79 Å². The number of nitrogens with one attached hydrogen (secondary N) is 2. The zero-order chi connectivity index (χ0) is 24.7. The van der Waals surface area contributed by atoms with Gasteiger partial charge >= 0.3 is 6.36 Å². The monoisotopic (exact) mass is 475 g/mol. The summed E-state index contributed by atoms with van der Waals surface area (Å²) in [4.78, 5) is 23.3. The molecule has 3 aromatic rings. The first kappa shape index (κ1) is 25.2. The fourth-order valence-corrected chi connectivity index (χ4v) is 3.51. The first-order valence-corrected chi connectivity index (χ1v) is 11.1. The van der Waals surface area contributed by atoms with E-state index in [4.69, 9.17) is 0 Å². The van der Waals surface area contributed by atoms with Gasteiger partial charge in [-0.1, -0.05) is 32.0 Å². The molecule has 0 unspecified atom stereocenters. The number of carbonyl (C=O) groups excluding carboxylic acids is 1. The number of amides is 1. The number of para-hydroxylation sites is 1. The zero-order valence-corrected chi connectivity index (χ0v) is 19.4. The van der Waals surface area contributed by atoms with E-state index < -0.39 is 18.0 Å². The number of aryl methyl sites for hydroxylation is 1. The summed E-state index contributed by atoms with van der Waals surface area (Å²) in [6, 6.07) is 9.43. The summed E-state index contributed by atoms with van der Waals surface area (Å²) in [5.74, 6) is -0.907. The number of ether oxygens (including phenoxy) is 1. The van der Waals surface area contributed by atoms with E-state index in [-0.39, 0.29) is 17.2 Å². The third-order valence-electron chi connectivity index (χ3n) is 5.36. The van der Waals surface area contributed by atoms with Crippen molar-refractivity contribution in [2.45, 2.75) is 33.6 Å². The van der Waals surface area contributed by atoms with E-state index in [1.165, 1.54) is 12.1 Å². The van der Waals surface area contributed by atoms with Crippen LogP contribution >= 0.6 is 0 Å². The molecule has 0 bridgehead atoms. The number of nitrogens with zero attached hydrogens (tertiary/aromatic N) is 3. The number of anilines is 2. The number of aromatic nitrogens is 2. The molecular weight excluding hydrogens is 447 g/mol. The highest BCUT2D eigenvalue weighted by Crippen LogP contribution is 2.33. The van der Waals surface area contributed by atoms with Crippen molar-refractivity contribution in [2.75, 3.05) is 31.5 Å². The topological polar surface area (TPSA) is 79.4 Å². The highest BCUT2D eigenvalue weighted by Gasteiger charge is 2.32. The maximum atomic E-state index is 13.1. The molecule has 0 saturated heterocycles. The molecule has 0 radical (unpaired) electrons. The van der Waals surface area contributed by atoms with E-state index in [0.717, 1.165) is 43.1 Å². The van der Waals surface area contributed by atoms with E-state index in [9.17, 15) is 18.0 Å². The van der Waals surface area contributed by atoms with Crippen LogP contribution in [0.4, 0.5) is 24.8 Å². The Morgan fingerprint density at radius 3 is 2.62 bits per heavy atom. The normalized spacial score (nSPS) is 11.6. The number of hydrogen-bond donors (Lipinski definition) is 2. The second kappa shape index (κ2) is 11.1. The summed E-state index contributed by atoms with van der Waals surface area (Å²) in [5.41, 5.74) is 1.63. The molecule has 182 valence electrons. The number of rotatable bonds is 10. The first-order valence-electron chi connectivity index (χ1n) is 11.1. The average Bonchev–Trinajstić information content (AvgIpc) is 2.80. The molecule has 0 atom stereocenters. The third kappa shape index (κ3) is 6.80. The van der Waals surface area contributed by atoms with E-state index in [1.807, 2.05) is 25.1 Å². The van der Waals surface area contributed by atoms with Crippen LogP contribution in [0.1, 0.15) is 36.2 Å². The molecule has 0 saturated carbocycles. The minimum Gasteiger partial charge on any atom is -0.404 e. The highest BCUT2D eigenvalue weighted by atomic mass is 19.4. The minimum absolute atomic E-state index is 0.0108. The van der Waals surface area contributed by atoms with E-state index >= 15 is 0 Å². The molecule has 1 aromatic heterocycles. The van der Waals surface area contributed by atoms with Crippen molar-refractivity contribution in [1.29, 1.82) is 0 Å². The van der Waals surface area contributed by atoms with Crippen LogP contribution in [-0.2, 0) is 0 Å². The Morgan fingerprint density at radius 2 is 1.91 bits per heavy atom. The molecule has 7 nitrogen and oxygen atoms in total. The molecule has 34 heavy (non-hydrogen) atoms. The molecule has 0 aliphatic carbocycles. The van der Waals surface area contributed by atoms with E-state index in [1.54, 1.807) is 6.20 Å². The predicted molar refractivity (Wildman–Crippen MR) is 125 cm³/mol. The number of hydrogen-bond acceptors (Lipinski definition) is 6. The summed E-state index contributed by atoms with van der Waals surface area (Å²) in [6.45, 7) is 9.06. The van der Waals surface area contributed by atoms with Crippen LogP contribution in [0.3, 0.4) is 0 Å². The Hall–Kier alpha value is -3.40. The van der Waals surface area contributed by atoms with Gasteiger partial charge < -0.3 is 20.3 Å². The van der Waals surface area contributed by atoms with Gasteiger partial charge in [0.1, 0.15) is 0 Å². The smallest absolute Gasteiger partial charge is 0.404 e. The maximum absolute atomic E-state index is 13.1. The zero-order valence-electron chi connectivity index (χ0n) is 19.4. The van der Waals surface area contributed by atoms with Gasteiger partial charge in [0.2, 0.25) is 5.95 Å². The van der Waals surface area contributed by atoms with Crippen molar-refractivity contribution in [3.05, 3.63) is 53.7 Å². The number of benzene rings is 2. The Morgan fingerprint density at radius 1 is 1.15 bits per heavy atom. The van der Waals surface area contributed by atoms with Crippen LogP contribution in [0, 0.1) is 6.92 Å². The average molecular weight is 476 g/mol. The molecule has 0 aliphatic heterocycles. The Kier molecular flexibility index (Phi) is 8.27. The van der Waals surface area contributed by atoms with Crippen LogP contribution in [0.25, 0.3) is 10.9 Å². The summed E-state index contributed by atoms with van der Waals surface area (Å²) in [6.07, 6.45) is -2.62. The molecule has 3 rings (SSSR count). The number of carbonyl (C=O) groups is 1. The minimum atomic E-state index is -4.93.